The lowest BCUT2D eigenvalue weighted by atomic mass is 10.1. The van der Waals surface area contributed by atoms with Crippen LogP contribution in [0.15, 0.2) is 18.2 Å². The summed E-state index contributed by atoms with van der Waals surface area (Å²) < 4.78 is 4.98. The standard InChI is InChI=1S/C10H10ClNO3/c1-15-9-4-6(2-3-10(13)14)7(11)5-8(9)12/h2-5H,12H2,1H3,(H,13,14). The second-order valence-electron chi connectivity index (χ2n) is 2.79. The lowest BCUT2D eigenvalue weighted by Gasteiger charge is -2.06. The first-order valence-electron chi connectivity index (χ1n) is 4.08. The number of methoxy groups -OCH3 is 1. The maximum Gasteiger partial charge on any atom is 0.328 e. The van der Waals surface area contributed by atoms with Crippen LogP contribution in [0.2, 0.25) is 5.02 Å². The highest BCUT2D eigenvalue weighted by atomic mass is 35.5. The molecule has 0 heterocycles. The molecule has 1 aromatic rings. The van der Waals surface area contributed by atoms with Crippen LogP contribution in [-0.2, 0) is 4.79 Å². The summed E-state index contributed by atoms with van der Waals surface area (Å²) in [7, 11) is 1.48. The van der Waals surface area contributed by atoms with Crippen LogP contribution in [0.1, 0.15) is 5.56 Å². The van der Waals surface area contributed by atoms with Crippen molar-refractivity contribution in [2.75, 3.05) is 12.8 Å². The van der Waals surface area contributed by atoms with Gasteiger partial charge < -0.3 is 15.6 Å². The van der Waals surface area contributed by atoms with E-state index in [9.17, 15) is 4.79 Å². The van der Waals surface area contributed by atoms with Crippen molar-refractivity contribution in [2.24, 2.45) is 0 Å². The summed E-state index contributed by atoms with van der Waals surface area (Å²) in [6, 6.07) is 3.10. The van der Waals surface area contributed by atoms with Gasteiger partial charge in [0.15, 0.2) is 0 Å². The van der Waals surface area contributed by atoms with Crippen LogP contribution in [0.5, 0.6) is 5.75 Å². The molecule has 0 unspecified atom stereocenters. The van der Waals surface area contributed by atoms with Crippen molar-refractivity contribution in [3.05, 3.63) is 28.8 Å². The molecule has 3 N–H and O–H groups in total. The number of anilines is 1. The molecule has 15 heavy (non-hydrogen) atoms. The number of ether oxygens (including phenoxy) is 1. The first kappa shape index (κ1) is 11.4. The molecule has 0 amide bonds. The predicted molar refractivity (Wildman–Crippen MR) is 59.1 cm³/mol. The molecule has 0 aromatic heterocycles. The van der Waals surface area contributed by atoms with E-state index in [1.54, 1.807) is 6.07 Å². The zero-order valence-electron chi connectivity index (χ0n) is 8.03. The quantitative estimate of drug-likeness (QED) is 0.612. The number of carboxylic acids is 1. The Balaban J connectivity index is 3.13. The van der Waals surface area contributed by atoms with Gasteiger partial charge in [0.25, 0.3) is 0 Å². The Morgan fingerprint density at radius 2 is 2.27 bits per heavy atom. The van der Waals surface area contributed by atoms with Crippen molar-refractivity contribution in [1.82, 2.24) is 0 Å². The van der Waals surface area contributed by atoms with Gasteiger partial charge in [-0.15, -0.1) is 0 Å². The lowest BCUT2D eigenvalue weighted by molar-refractivity contribution is -0.131. The fourth-order valence-electron chi connectivity index (χ4n) is 1.05. The van der Waals surface area contributed by atoms with Crippen LogP contribution in [0.25, 0.3) is 6.08 Å². The molecule has 4 nitrogen and oxygen atoms in total. The number of benzene rings is 1. The van der Waals surface area contributed by atoms with Gasteiger partial charge in [-0.2, -0.15) is 0 Å². The zero-order chi connectivity index (χ0) is 11.4. The number of carboxylic acid groups (broad SMARTS) is 1. The van der Waals surface area contributed by atoms with Gasteiger partial charge in [-0.3, -0.25) is 0 Å². The summed E-state index contributed by atoms with van der Waals surface area (Å²) in [5, 5.41) is 8.84. The maximum atomic E-state index is 10.3. The zero-order valence-corrected chi connectivity index (χ0v) is 8.78. The van der Waals surface area contributed by atoms with Crippen LogP contribution in [-0.4, -0.2) is 18.2 Å². The second-order valence-corrected chi connectivity index (χ2v) is 3.19. The molecular weight excluding hydrogens is 218 g/mol. The van der Waals surface area contributed by atoms with Crippen LogP contribution in [0.4, 0.5) is 5.69 Å². The normalized spacial score (nSPS) is 10.5. The molecule has 1 rings (SSSR count). The second kappa shape index (κ2) is 4.70. The molecular formula is C10H10ClNO3. The Kier molecular flexibility index (Phi) is 3.57. The summed E-state index contributed by atoms with van der Waals surface area (Å²) in [5.41, 5.74) is 6.57. The highest BCUT2D eigenvalue weighted by Gasteiger charge is 2.04. The van der Waals surface area contributed by atoms with E-state index in [4.69, 9.17) is 27.2 Å². The van der Waals surface area contributed by atoms with Gasteiger partial charge in [-0.1, -0.05) is 11.6 Å². The van der Waals surface area contributed by atoms with Gasteiger partial charge in [0.1, 0.15) is 5.75 Å². The van der Waals surface area contributed by atoms with E-state index in [0.29, 0.717) is 22.0 Å². The summed E-state index contributed by atoms with van der Waals surface area (Å²) >= 11 is 5.86. The molecule has 0 aliphatic carbocycles. The molecule has 0 aliphatic heterocycles. The third-order valence-corrected chi connectivity index (χ3v) is 2.08. The number of nitrogens with two attached hydrogens (primary N) is 1. The fourth-order valence-corrected chi connectivity index (χ4v) is 1.29. The largest absolute Gasteiger partial charge is 0.495 e. The smallest absolute Gasteiger partial charge is 0.328 e. The minimum atomic E-state index is -1.04. The first-order valence-corrected chi connectivity index (χ1v) is 4.46. The molecule has 80 valence electrons. The fraction of sp³-hybridized carbons (Fsp3) is 0.100. The van der Waals surface area contributed by atoms with Crippen LogP contribution < -0.4 is 10.5 Å². The minimum Gasteiger partial charge on any atom is -0.495 e. The van der Waals surface area contributed by atoms with Gasteiger partial charge in [-0.25, -0.2) is 4.79 Å². The van der Waals surface area contributed by atoms with E-state index in [2.05, 4.69) is 0 Å². The highest BCUT2D eigenvalue weighted by Crippen LogP contribution is 2.29. The molecule has 0 saturated heterocycles. The Morgan fingerprint density at radius 1 is 1.60 bits per heavy atom. The average molecular weight is 228 g/mol. The number of aliphatic carboxylic acids is 1. The number of hydrogen-bond donors (Lipinski definition) is 2. The predicted octanol–water partition coefficient (Wildman–Crippen LogP) is 2.03. The third kappa shape index (κ3) is 2.89. The topological polar surface area (TPSA) is 72.5 Å². The van der Waals surface area contributed by atoms with Crippen molar-refractivity contribution in [2.45, 2.75) is 0 Å². The molecule has 0 saturated carbocycles. The summed E-state index contributed by atoms with van der Waals surface area (Å²) in [6.07, 6.45) is 2.38. The number of nitrogen functional groups attached to an aromatic ring is 1. The molecule has 0 fully saturated rings. The Hall–Kier alpha value is -1.68. The van der Waals surface area contributed by atoms with E-state index in [1.807, 2.05) is 0 Å². The molecule has 0 spiro atoms. The van der Waals surface area contributed by atoms with Crippen LogP contribution in [0, 0.1) is 0 Å². The molecule has 5 heteroatoms. The van der Waals surface area contributed by atoms with E-state index in [0.717, 1.165) is 6.08 Å². The number of hydrogen-bond acceptors (Lipinski definition) is 3. The molecule has 0 atom stereocenters. The van der Waals surface area contributed by atoms with Gasteiger partial charge >= 0.3 is 5.97 Å². The SMILES string of the molecule is COc1cc(C=CC(=O)O)c(Cl)cc1N. The molecule has 0 bridgehead atoms. The summed E-state index contributed by atoms with van der Waals surface area (Å²) in [4.78, 5) is 10.3. The van der Waals surface area contributed by atoms with Crippen molar-refractivity contribution < 1.29 is 14.6 Å². The molecule has 0 aliphatic rings. The van der Waals surface area contributed by atoms with Gasteiger partial charge in [0.2, 0.25) is 0 Å². The van der Waals surface area contributed by atoms with Gasteiger partial charge in [-0.05, 0) is 23.8 Å². The van der Waals surface area contributed by atoms with Crippen molar-refractivity contribution in [1.29, 1.82) is 0 Å². The van der Waals surface area contributed by atoms with Crippen molar-refractivity contribution >= 4 is 29.3 Å². The summed E-state index contributed by atoms with van der Waals surface area (Å²) in [5.74, 6) is -0.578. The monoisotopic (exact) mass is 227 g/mol. The van der Waals surface area contributed by atoms with Crippen molar-refractivity contribution in [3.8, 4) is 5.75 Å². The van der Waals surface area contributed by atoms with E-state index in [-0.39, 0.29) is 0 Å². The average Bonchev–Trinajstić information content (AvgIpc) is 2.16. The minimum absolute atomic E-state index is 0.380. The van der Waals surface area contributed by atoms with E-state index < -0.39 is 5.97 Å². The Bertz CT molecular complexity index is 415. The number of carbonyl (C=O) groups is 1. The maximum absolute atomic E-state index is 10.3. The van der Waals surface area contributed by atoms with Crippen LogP contribution in [0.3, 0.4) is 0 Å². The number of rotatable bonds is 3. The third-order valence-electron chi connectivity index (χ3n) is 1.75. The Morgan fingerprint density at radius 3 is 2.80 bits per heavy atom. The Labute approximate surface area is 91.9 Å². The van der Waals surface area contributed by atoms with Crippen LogP contribution >= 0.6 is 11.6 Å². The lowest BCUT2D eigenvalue weighted by Crippen LogP contribution is -1.93. The summed E-state index contributed by atoms with van der Waals surface area (Å²) in [6.45, 7) is 0. The number of halogens is 1. The van der Waals surface area contributed by atoms with E-state index in [1.165, 1.54) is 19.3 Å². The molecule has 0 radical (unpaired) electrons. The highest BCUT2D eigenvalue weighted by molar-refractivity contribution is 6.32. The van der Waals surface area contributed by atoms with Gasteiger partial charge in [0.05, 0.1) is 17.8 Å². The molecule has 1 aromatic carbocycles. The van der Waals surface area contributed by atoms with Gasteiger partial charge in [0, 0.05) is 6.08 Å². The van der Waals surface area contributed by atoms with Crippen molar-refractivity contribution in [3.63, 3.8) is 0 Å². The van der Waals surface area contributed by atoms with E-state index >= 15 is 0 Å². The first-order chi connectivity index (χ1) is 7.04.